The Kier molecular flexibility index (Phi) is 7.57. The van der Waals surface area contributed by atoms with Gasteiger partial charge in [-0.1, -0.05) is 89.6 Å². The third kappa shape index (κ3) is 5.44. The Bertz CT molecular complexity index is 959. The zero-order valence-electron chi connectivity index (χ0n) is 19.0. The first-order valence-corrected chi connectivity index (χ1v) is 11.2. The van der Waals surface area contributed by atoms with Gasteiger partial charge in [0.25, 0.3) is 0 Å². The maximum absolute atomic E-state index is 4.99. The minimum atomic E-state index is 0.430. The molecular weight excluding hydrogens is 364 g/mol. The van der Waals surface area contributed by atoms with Crippen molar-refractivity contribution in [3.05, 3.63) is 83.0 Å². The highest BCUT2D eigenvalue weighted by atomic mass is 14.8. The largest absolute Gasteiger partial charge is 0.254 e. The number of pyridine rings is 1. The zero-order valence-corrected chi connectivity index (χ0v) is 19.0. The van der Waals surface area contributed by atoms with E-state index in [9.17, 15) is 0 Å². The Balaban J connectivity index is 2.05. The Morgan fingerprint density at radius 3 is 2.13 bits per heavy atom. The molecule has 0 unspecified atom stereocenters. The number of aliphatic imine (C=N–C) groups is 1. The average Bonchev–Trinajstić information content (AvgIpc) is 2.76. The van der Waals surface area contributed by atoms with Crippen LogP contribution in [0.15, 0.2) is 65.7 Å². The quantitative estimate of drug-likeness (QED) is 0.352. The average molecular weight is 399 g/mol. The van der Waals surface area contributed by atoms with Gasteiger partial charge in [-0.05, 0) is 53.5 Å². The minimum absolute atomic E-state index is 0.430. The number of aryl methyl sites for hydroxylation is 1. The Hall–Kier alpha value is -2.74. The predicted molar refractivity (Wildman–Crippen MR) is 130 cm³/mol. The lowest BCUT2D eigenvalue weighted by Crippen LogP contribution is -1.98. The fourth-order valence-corrected chi connectivity index (χ4v) is 3.75. The van der Waals surface area contributed by atoms with Crippen molar-refractivity contribution in [2.24, 2.45) is 4.99 Å². The standard InChI is InChI=1S/C28H34N2/c1-6-7-12-22-17-24(30-27(18-22)23-13-9-8-10-14-23)19-29-28-25(20(2)3)15-11-16-26(28)21(4)5/h8-11,13-21H,6-7,12H2,1-5H3. The summed E-state index contributed by atoms with van der Waals surface area (Å²) in [7, 11) is 0. The van der Waals surface area contributed by atoms with Crippen molar-refractivity contribution in [2.45, 2.75) is 65.7 Å². The van der Waals surface area contributed by atoms with Crippen LogP contribution in [0.4, 0.5) is 5.69 Å². The molecule has 156 valence electrons. The highest BCUT2D eigenvalue weighted by Crippen LogP contribution is 2.34. The van der Waals surface area contributed by atoms with E-state index in [1.165, 1.54) is 29.5 Å². The summed E-state index contributed by atoms with van der Waals surface area (Å²) >= 11 is 0. The Morgan fingerprint density at radius 1 is 0.867 bits per heavy atom. The van der Waals surface area contributed by atoms with Gasteiger partial charge in [-0.25, -0.2) is 4.98 Å². The summed E-state index contributed by atoms with van der Waals surface area (Å²) in [5.41, 5.74) is 8.11. The van der Waals surface area contributed by atoms with Crippen molar-refractivity contribution in [3.63, 3.8) is 0 Å². The number of unbranched alkanes of at least 4 members (excludes halogenated alkanes) is 1. The number of aromatic nitrogens is 1. The van der Waals surface area contributed by atoms with Gasteiger partial charge in [0, 0.05) is 5.56 Å². The lowest BCUT2D eigenvalue weighted by Gasteiger charge is -2.16. The van der Waals surface area contributed by atoms with Crippen LogP contribution in [0.1, 0.15) is 81.7 Å². The van der Waals surface area contributed by atoms with Gasteiger partial charge >= 0.3 is 0 Å². The highest BCUT2D eigenvalue weighted by molar-refractivity contribution is 5.82. The number of rotatable bonds is 8. The van der Waals surface area contributed by atoms with Crippen LogP contribution in [-0.2, 0) is 6.42 Å². The molecule has 2 aromatic carbocycles. The predicted octanol–water partition coefficient (Wildman–Crippen LogP) is 8.09. The number of hydrogen-bond donors (Lipinski definition) is 0. The van der Waals surface area contributed by atoms with Crippen LogP contribution < -0.4 is 0 Å². The monoisotopic (exact) mass is 398 g/mol. The fraction of sp³-hybridized carbons (Fsp3) is 0.357. The molecule has 1 aromatic heterocycles. The number of nitrogens with zero attached hydrogens (tertiary/aromatic N) is 2. The van der Waals surface area contributed by atoms with E-state index in [0.29, 0.717) is 11.8 Å². The minimum Gasteiger partial charge on any atom is -0.254 e. The molecular formula is C28H34N2. The molecule has 0 saturated carbocycles. The molecule has 0 saturated heterocycles. The molecule has 0 N–H and O–H groups in total. The fourth-order valence-electron chi connectivity index (χ4n) is 3.75. The number of para-hydroxylation sites is 1. The van der Waals surface area contributed by atoms with Gasteiger partial charge < -0.3 is 0 Å². The maximum Gasteiger partial charge on any atom is 0.0822 e. The number of benzene rings is 2. The number of hydrogen-bond acceptors (Lipinski definition) is 2. The first-order valence-electron chi connectivity index (χ1n) is 11.2. The molecule has 0 spiro atoms. The molecule has 3 rings (SSSR count). The maximum atomic E-state index is 4.99. The SMILES string of the molecule is CCCCc1cc(C=Nc2c(C(C)C)cccc2C(C)C)nc(-c2ccccc2)c1. The van der Waals surface area contributed by atoms with Gasteiger partial charge in [-0.3, -0.25) is 4.99 Å². The molecule has 2 nitrogen and oxygen atoms in total. The second-order valence-electron chi connectivity index (χ2n) is 8.61. The van der Waals surface area contributed by atoms with Crippen LogP contribution in [0.2, 0.25) is 0 Å². The first kappa shape index (κ1) is 22.0. The summed E-state index contributed by atoms with van der Waals surface area (Å²) in [6.07, 6.45) is 5.39. The normalized spacial score (nSPS) is 11.7. The van der Waals surface area contributed by atoms with Gasteiger partial charge in [-0.15, -0.1) is 0 Å². The molecule has 0 aliphatic rings. The first-order chi connectivity index (χ1) is 14.5. The molecule has 0 aliphatic heterocycles. The van der Waals surface area contributed by atoms with Gasteiger partial charge in [0.15, 0.2) is 0 Å². The van der Waals surface area contributed by atoms with E-state index in [2.05, 4.69) is 89.2 Å². The second kappa shape index (κ2) is 10.3. The van der Waals surface area contributed by atoms with Gasteiger partial charge in [0.1, 0.15) is 0 Å². The van der Waals surface area contributed by atoms with Crippen LogP contribution in [0.25, 0.3) is 11.3 Å². The molecule has 30 heavy (non-hydrogen) atoms. The van der Waals surface area contributed by atoms with Crippen LogP contribution in [0, 0.1) is 0 Å². The van der Waals surface area contributed by atoms with E-state index in [1.807, 2.05) is 12.3 Å². The smallest absolute Gasteiger partial charge is 0.0822 e. The van der Waals surface area contributed by atoms with E-state index in [0.717, 1.165) is 29.1 Å². The lowest BCUT2D eigenvalue weighted by molar-refractivity contribution is 0.794. The van der Waals surface area contributed by atoms with Crippen LogP contribution in [-0.4, -0.2) is 11.2 Å². The van der Waals surface area contributed by atoms with Crippen LogP contribution >= 0.6 is 0 Å². The molecule has 1 heterocycles. The van der Waals surface area contributed by atoms with Crippen molar-refractivity contribution in [3.8, 4) is 11.3 Å². The van der Waals surface area contributed by atoms with Crippen molar-refractivity contribution in [2.75, 3.05) is 0 Å². The molecule has 0 fully saturated rings. The van der Waals surface area contributed by atoms with Crippen molar-refractivity contribution in [1.82, 2.24) is 4.98 Å². The molecule has 3 aromatic rings. The van der Waals surface area contributed by atoms with Crippen LogP contribution in [0.3, 0.4) is 0 Å². The topological polar surface area (TPSA) is 25.2 Å². The summed E-state index contributed by atoms with van der Waals surface area (Å²) in [6.45, 7) is 11.2. The third-order valence-electron chi connectivity index (χ3n) is 5.46. The second-order valence-corrected chi connectivity index (χ2v) is 8.61. The molecule has 0 bridgehead atoms. The molecule has 0 radical (unpaired) electrons. The van der Waals surface area contributed by atoms with Gasteiger partial charge in [0.05, 0.1) is 23.3 Å². The summed E-state index contributed by atoms with van der Waals surface area (Å²) < 4.78 is 0. The Morgan fingerprint density at radius 2 is 1.53 bits per heavy atom. The van der Waals surface area contributed by atoms with Crippen molar-refractivity contribution < 1.29 is 0 Å². The summed E-state index contributed by atoms with van der Waals surface area (Å²) in [6, 6.07) is 21.4. The van der Waals surface area contributed by atoms with Gasteiger partial charge in [0.2, 0.25) is 0 Å². The third-order valence-corrected chi connectivity index (χ3v) is 5.46. The van der Waals surface area contributed by atoms with E-state index in [4.69, 9.17) is 9.98 Å². The van der Waals surface area contributed by atoms with Crippen molar-refractivity contribution >= 4 is 11.9 Å². The molecule has 0 amide bonds. The molecule has 2 heteroatoms. The molecule has 0 aliphatic carbocycles. The van der Waals surface area contributed by atoms with Gasteiger partial charge in [-0.2, -0.15) is 0 Å². The summed E-state index contributed by atoms with van der Waals surface area (Å²) in [5, 5.41) is 0. The van der Waals surface area contributed by atoms with Crippen LogP contribution in [0.5, 0.6) is 0 Å². The van der Waals surface area contributed by atoms with E-state index in [1.54, 1.807) is 0 Å². The van der Waals surface area contributed by atoms with E-state index in [-0.39, 0.29) is 0 Å². The zero-order chi connectivity index (χ0) is 21.5. The van der Waals surface area contributed by atoms with Crippen molar-refractivity contribution in [1.29, 1.82) is 0 Å². The molecule has 0 atom stereocenters. The highest BCUT2D eigenvalue weighted by Gasteiger charge is 2.13. The summed E-state index contributed by atoms with van der Waals surface area (Å²) in [5.74, 6) is 0.860. The van der Waals surface area contributed by atoms with E-state index < -0.39 is 0 Å². The van der Waals surface area contributed by atoms with E-state index >= 15 is 0 Å². The lowest BCUT2D eigenvalue weighted by atomic mass is 9.93. The Labute approximate surface area is 182 Å². The summed E-state index contributed by atoms with van der Waals surface area (Å²) in [4.78, 5) is 9.91.